The van der Waals surface area contributed by atoms with Crippen molar-refractivity contribution in [3.8, 4) is 5.75 Å². The molecule has 2 aromatic rings. The van der Waals surface area contributed by atoms with Gasteiger partial charge in [0.1, 0.15) is 11.9 Å². The van der Waals surface area contributed by atoms with Crippen LogP contribution in [0.1, 0.15) is 102 Å². The maximum Gasteiger partial charge on any atom is 0.319 e. The zero-order chi connectivity index (χ0) is 28.0. The fraction of sp³-hybridized carbons (Fsp3) is 0.700. The van der Waals surface area contributed by atoms with E-state index in [1.807, 2.05) is 33.8 Å². The lowest BCUT2D eigenvalue weighted by atomic mass is 10.0. The van der Waals surface area contributed by atoms with Gasteiger partial charge in [-0.1, -0.05) is 114 Å². The zero-order valence-corrected chi connectivity index (χ0v) is 25.8. The molecule has 0 radical (unpaired) electrons. The molecule has 7 nitrogen and oxygen atoms in total. The fourth-order valence-corrected chi connectivity index (χ4v) is 5.81. The van der Waals surface area contributed by atoms with E-state index in [2.05, 4.69) is 6.92 Å². The predicted molar refractivity (Wildman–Crippen MR) is 156 cm³/mol. The Kier molecular flexibility index (Phi) is 18.7. The van der Waals surface area contributed by atoms with Gasteiger partial charge in [-0.25, -0.2) is 0 Å². The van der Waals surface area contributed by atoms with Crippen molar-refractivity contribution in [3.05, 3.63) is 46.9 Å². The molecule has 0 N–H and O–H groups in total. The Hall–Kier alpha value is -1.28. The van der Waals surface area contributed by atoms with Crippen LogP contribution in [0.15, 0.2) is 41.4 Å². The predicted octanol–water partition coefficient (Wildman–Crippen LogP) is 7.46. The average Bonchev–Trinajstić information content (AvgIpc) is 3.44. The fourth-order valence-electron chi connectivity index (χ4n) is 4.39. The summed E-state index contributed by atoms with van der Waals surface area (Å²) in [6.45, 7) is 3.53. The quantitative estimate of drug-likeness (QED) is 0.0686. The van der Waals surface area contributed by atoms with Crippen LogP contribution in [0.4, 0.5) is 0 Å². The molecule has 9 heteroatoms. The van der Waals surface area contributed by atoms with Crippen molar-refractivity contribution < 1.29 is 32.5 Å². The molecule has 1 aromatic heterocycles. The first-order chi connectivity index (χ1) is 19.0. The van der Waals surface area contributed by atoms with Crippen LogP contribution in [0.3, 0.4) is 0 Å². The van der Waals surface area contributed by atoms with Crippen LogP contribution in [-0.2, 0) is 25.1 Å². The summed E-state index contributed by atoms with van der Waals surface area (Å²) in [5, 5.41) is 1.96. The molecule has 0 saturated heterocycles. The minimum absolute atomic E-state index is 0.155. The van der Waals surface area contributed by atoms with Gasteiger partial charge in [0.25, 0.3) is 0 Å². The smallest absolute Gasteiger partial charge is 0.319 e. The highest BCUT2D eigenvalue weighted by Gasteiger charge is 2.19. The number of rotatable bonds is 25. The Morgan fingerprint density at radius 2 is 1.51 bits per heavy atom. The summed E-state index contributed by atoms with van der Waals surface area (Å²) < 4.78 is 35.9. The van der Waals surface area contributed by atoms with Gasteiger partial charge in [-0.3, -0.25) is 4.57 Å². The monoisotopic (exact) mass is 583 g/mol. The maximum atomic E-state index is 12.5. The Bertz CT molecular complexity index is 897. The number of hydrogen-bond acceptors (Lipinski definition) is 7. The highest BCUT2D eigenvalue weighted by Crippen LogP contribution is 2.41. The van der Waals surface area contributed by atoms with E-state index in [9.17, 15) is 9.46 Å². The van der Waals surface area contributed by atoms with Gasteiger partial charge in [0.2, 0.25) is 5.51 Å². The van der Waals surface area contributed by atoms with Crippen LogP contribution in [0.2, 0.25) is 0 Å². The molecule has 0 amide bonds. The summed E-state index contributed by atoms with van der Waals surface area (Å²) in [6.07, 6.45) is 19.9. The van der Waals surface area contributed by atoms with Crippen LogP contribution in [0.25, 0.3) is 0 Å². The van der Waals surface area contributed by atoms with Crippen molar-refractivity contribution in [1.82, 2.24) is 0 Å². The molecule has 0 saturated carbocycles. The van der Waals surface area contributed by atoms with Gasteiger partial charge in [0, 0.05) is 13.7 Å². The van der Waals surface area contributed by atoms with Crippen molar-refractivity contribution in [1.29, 1.82) is 0 Å². The molecule has 2 unspecified atom stereocenters. The molecule has 1 heterocycles. The first kappa shape index (κ1) is 33.9. The van der Waals surface area contributed by atoms with E-state index in [0.717, 1.165) is 18.4 Å². The summed E-state index contributed by atoms with van der Waals surface area (Å²) in [5.41, 5.74) is 2.70. The van der Waals surface area contributed by atoms with Crippen LogP contribution >= 0.6 is 19.2 Å². The molecule has 0 aliphatic heterocycles. The molecule has 0 spiro atoms. The van der Waals surface area contributed by atoms with Crippen molar-refractivity contribution in [3.63, 3.8) is 0 Å². The Labute approximate surface area is 240 Å². The minimum atomic E-state index is -4.57. The summed E-state index contributed by atoms with van der Waals surface area (Å²) in [6, 6.07) is 7.05. The molecule has 1 aromatic carbocycles. The summed E-state index contributed by atoms with van der Waals surface area (Å²) in [5.74, 6) is 0.262. The third-order valence-electron chi connectivity index (χ3n) is 6.76. The number of methoxy groups -OCH3 is 1. The summed E-state index contributed by atoms with van der Waals surface area (Å²) in [4.78, 5) is 12.5. The lowest BCUT2D eigenvalue weighted by Crippen LogP contribution is -2.31. The Morgan fingerprint density at radius 1 is 0.897 bits per heavy atom. The van der Waals surface area contributed by atoms with Gasteiger partial charge in [0.05, 0.1) is 24.2 Å². The van der Waals surface area contributed by atoms with E-state index >= 15 is 0 Å². The van der Waals surface area contributed by atoms with Crippen molar-refractivity contribution in [2.45, 2.75) is 109 Å². The number of thiazole rings is 1. The number of aromatic nitrogens is 1. The van der Waals surface area contributed by atoms with E-state index in [0.29, 0.717) is 13.2 Å². The molecule has 2 rings (SSSR count). The second-order valence-electron chi connectivity index (χ2n) is 10.2. The highest BCUT2D eigenvalue weighted by atomic mass is 32.1. The molecule has 222 valence electrons. The van der Waals surface area contributed by atoms with Crippen LogP contribution < -0.4 is 14.0 Å². The number of unbranched alkanes of at least 4 members (excludes halogenated alkanes) is 13. The number of nitrogens with zero attached hydrogens (tertiary/aromatic N) is 1. The van der Waals surface area contributed by atoms with E-state index in [4.69, 9.17) is 18.5 Å². The minimum Gasteiger partial charge on any atom is -0.746 e. The van der Waals surface area contributed by atoms with Crippen molar-refractivity contribution in [2.24, 2.45) is 0 Å². The number of benzene rings is 1. The lowest BCUT2D eigenvalue weighted by Gasteiger charge is -2.26. The van der Waals surface area contributed by atoms with E-state index in [1.54, 1.807) is 23.5 Å². The van der Waals surface area contributed by atoms with Crippen LogP contribution in [0, 0.1) is 0 Å². The number of phosphoric ester groups is 1. The third kappa shape index (κ3) is 16.5. The van der Waals surface area contributed by atoms with Gasteiger partial charge in [-0.15, -0.1) is 0 Å². The Balaban J connectivity index is 1.50. The number of phosphoric acid groups is 1. The van der Waals surface area contributed by atoms with E-state index in [1.165, 1.54) is 84.2 Å². The molecular formula is C30H50NO6PS. The largest absolute Gasteiger partial charge is 0.746 e. The molecule has 39 heavy (non-hydrogen) atoms. The standard InChI is InChI=1S/C30H50NO6PS/c1-3-4-5-6-7-8-9-10-11-12-13-14-15-18-22-35-25-29(34-2)26-36-38(32,33)37-30-20-17-16-19-28(30)24-31-21-23-39-27-31/h16-17,19-21,23,27,29H,3-15,18,22,24-26H2,1-2H3. The topological polar surface area (TPSA) is 80.9 Å². The molecule has 0 fully saturated rings. The number of hydrogen-bond donors (Lipinski definition) is 0. The third-order valence-corrected chi connectivity index (χ3v) is 8.32. The Morgan fingerprint density at radius 3 is 2.10 bits per heavy atom. The zero-order valence-electron chi connectivity index (χ0n) is 24.1. The maximum absolute atomic E-state index is 12.5. The van der Waals surface area contributed by atoms with Gasteiger partial charge in [-0.05, 0) is 18.6 Å². The van der Waals surface area contributed by atoms with E-state index in [-0.39, 0.29) is 19.0 Å². The molecule has 0 bridgehead atoms. The van der Waals surface area contributed by atoms with Gasteiger partial charge in [-0.2, -0.15) is 4.57 Å². The first-order valence-electron chi connectivity index (χ1n) is 14.8. The number of ether oxygens (including phenoxy) is 2. The SMILES string of the molecule is CCCCCCCCCCCCCCCCOCC(COP(=O)([O-])Oc1ccccc1C[n+]1ccsc1)OC. The number of para-hydroxylation sites is 1. The molecular weight excluding hydrogens is 533 g/mol. The van der Waals surface area contributed by atoms with Gasteiger partial charge < -0.3 is 23.4 Å². The lowest BCUT2D eigenvalue weighted by molar-refractivity contribution is -0.683. The van der Waals surface area contributed by atoms with Crippen molar-refractivity contribution in [2.75, 3.05) is 26.9 Å². The highest BCUT2D eigenvalue weighted by molar-refractivity contribution is 7.46. The molecule has 2 atom stereocenters. The summed E-state index contributed by atoms with van der Waals surface area (Å²) in [7, 11) is -3.05. The summed E-state index contributed by atoms with van der Waals surface area (Å²) >= 11 is 1.57. The second kappa shape index (κ2) is 21.5. The molecule has 0 aliphatic rings. The van der Waals surface area contributed by atoms with Gasteiger partial charge >= 0.3 is 7.82 Å². The normalized spacial score (nSPS) is 13.8. The van der Waals surface area contributed by atoms with Gasteiger partial charge in [0.15, 0.2) is 12.7 Å². The average molecular weight is 584 g/mol. The van der Waals surface area contributed by atoms with Crippen LogP contribution in [0.5, 0.6) is 5.75 Å². The molecule has 0 aliphatic carbocycles. The van der Waals surface area contributed by atoms with Crippen molar-refractivity contribution >= 4 is 19.2 Å². The first-order valence-corrected chi connectivity index (χ1v) is 17.2. The van der Waals surface area contributed by atoms with Crippen LogP contribution in [-0.4, -0.2) is 33.0 Å². The van der Waals surface area contributed by atoms with E-state index < -0.39 is 13.9 Å². The second-order valence-corrected chi connectivity index (χ2v) is 12.3.